The van der Waals surface area contributed by atoms with Crippen molar-refractivity contribution in [3.8, 4) is 5.75 Å². The van der Waals surface area contributed by atoms with Crippen LogP contribution in [0.3, 0.4) is 0 Å². The van der Waals surface area contributed by atoms with E-state index in [1.165, 1.54) is 5.56 Å². The molecule has 4 fully saturated rings. The summed E-state index contributed by atoms with van der Waals surface area (Å²) >= 11 is 0. The second kappa shape index (κ2) is 15.7. The second-order valence-electron chi connectivity index (χ2n) is 12.7. The van der Waals surface area contributed by atoms with E-state index in [9.17, 15) is 26.1 Å². The monoisotopic (exact) mass is 639 g/mol. The molecule has 1 aromatic carbocycles. The van der Waals surface area contributed by atoms with Crippen molar-refractivity contribution in [2.24, 2.45) is 17.8 Å². The molecule has 3 saturated carbocycles. The van der Waals surface area contributed by atoms with Gasteiger partial charge in [0.1, 0.15) is 12.4 Å². The molecule has 1 N–H and O–H groups in total. The molecule has 0 amide bonds. The molecule has 2 atom stereocenters. The summed E-state index contributed by atoms with van der Waals surface area (Å²) < 4.78 is 82.8. The number of benzene rings is 1. The van der Waals surface area contributed by atoms with Crippen LogP contribution in [0.15, 0.2) is 24.3 Å². The number of piperidine rings is 1. The molecule has 246 valence electrons. The number of hydrogen-bond acceptors (Lipinski definition) is 7. The van der Waals surface area contributed by atoms with Crippen LogP contribution in [0.5, 0.6) is 5.75 Å². The molecule has 1 saturated heterocycles. The molecule has 0 spiro atoms. The van der Waals surface area contributed by atoms with Gasteiger partial charge in [-0.05, 0) is 124 Å². The quantitative estimate of drug-likeness (QED) is 0.139. The highest BCUT2D eigenvalue weighted by molar-refractivity contribution is 7.85. The third-order valence-corrected chi connectivity index (χ3v) is 9.26. The van der Waals surface area contributed by atoms with Crippen LogP contribution in [0.4, 0.5) is 17.7 Å². The minimum absolute atomic E-state index is 0.108. The normalized spacial score (nSPS) is 30.7. The average molecular weight is 640 g/mol. The van der Waals surface area contributed by atoms with Crippen molar-refractivity contribution in [2.45, 2.75) is 101 Å². The summed E-state index contributed by atoms with van der Waals surface area (Å²) in [5, 5.41) is 0. The van der Waals surface area contributed by atoms with Gasteiger partial charge in [-0.25, -0.2) is 9.78 Å². The van der Waals surface area contributed by atoms with E-state index in [0.29, 0.717) is 50.3 Å². The zero-order valence-corrected chi connectivity index (χ0v) is 25.5. The first-order valence-corrected chi connectivity index (χ1v) is 17.2. The van der Waals surface area contributed by atoms with Crippen molar-refractivity contribution in [1.29, 1.82) is 0 Å². The van der Waals surface area contributed by atoms with Crippen molar-refractivity contribution in [3.63, 3.8) is 0 Å². The van der Waals surface area contributed by atoms with Crippen LogP contribution >= 0.6 is 0 Å². The SMILES string of the molecule is CS(=O)(=O)O.FOC1CC2CC(C1)CC(OOC1CCC(c3ccc(OCCN4CCC(C(F)(F)F)CC4)cc3)CC1)C2. The maximum absolute atomic E-state index is 12.8. The van der Waals surface area contributed by atoms with Crippen LogP contribution in [-0.2, 0) is 24.8 Å². The van der Waals surface area contributed by atoms with E-state index in [4.69, 9.17) is 19.1 Å². The minimum Gasteiger partial charge on any atom is -0.492 e. The lowest BCUT2D eigenvalue weighted by Crippen LogP contribution is -2.40. The largest absolute Gasteiger partial charge is 0.492 e. The number of alkyl halides is 3. The number of halogens is 4. The predicted octanol–water partition coefficient (Wildman–Crippen LogP) is 6.67. The van der Waals surface area contributed by atoms with E-state index in [2.05, 4.69) is 22.0 Å². The molecule has 2 bridgehead atoms. The van der Waals surface area contributed by atoms with Crippen LogP contribution in [0, 0.1) is 17.8 Å². The summed E-state index contributed by atoms with van der Waals surface area (Å²) in [6, 6.07) is 8.24. The Bertz CT molecular complexity index is 1050. The van der Waals surface area contributed by atoms with Gasteiger partial charge in [-0.1, -0.05) is 12.1 Å². The van der Waals surface area contributed by atoms with Gasteiger partial charge in [-0.3, -0.25) is 9.45 Å². The first kappa shape index (κ1) is 34.4. The lowest BCUT2D eigenvalue weighted by Gasteiger charge is -2.40. The molecule has 8 nitrogen and oxygen atoms in total. The lowest BCUT2D eigenvalue weighted by molar-refractivity contribution is -0.364. The van der Waals surface area contributed by atoms with Gasteiger partial charge in [0.05, 0.1) is 30.5 Å². The van der Waals surface area contributed by atoms with Gasteiger partial charge in [0.25, 0.3) is 10.1 Å². The first-order chi connectivity index (χ1) is 20.4. The maximum atomic E-state index is 12.8. The summed E-state index contributed by atoms with van der Waals surface area (Å²) in [6.07, 6.45) is 5.59. The molecule has 2 unspecified atom stereocenters. The topological polar surface area (TPSA) is 94.5 Å². The molecule has 1 heterocycles. The number of ether oxygens (including phenoxy) is 1. The first-order valence-electron chi connectivity index (χ1n) is 15.4. The standard InChI is InChI=1S/C29H41F4NO4.CH4O3S/c30-29(31,32)24-9-11-34(12-10-24)13-14-35-25-5-1-22(2-6-25)23-3-7-26(8-4-23)37-38-28-18-20-15-21(19-28)17-27(16-20)36-33;1-5(2,3)4/h1-2,5-6,20-21,23-24,26-28H,3-4,7-19H2;1H3,(H,2,3,4). The van der Waals surface area contributed by atoms with Gasteiger partial charge in [-0.2, -0.15) is 26.5 Å². The van der Waals surface area contributed by atoms with E-state index in [1.54, 1.807) is 0 Å². The van der Waals surface area contributed by atoms with E-state index >= 15 is 0 Å². The van der Waals surface area contributed by atoms with E-state index in [0.717, 1.165) is 63.5 Å². The fourth-order valence-electron chi connectivity index (χ4n) is 7.14. The summed E-state index contributed by atoms with van der Waals surface area (Å²) in [6.45, 7) is 2.07. The van der Waals surface area contributed by atoms with Crippen molar-refractivity contribution >= 4 is 10.1 Å². The Balaban J connectivity index is 0.000000782. The zero-order chi connectivity index (χ0) is 31.0. The predicted molar refractivity (Wildman–Crippen MR) is 152 cm³/mol. The smallest absolute Gasteiger partial charge is 0.391 e. The van der Waals surface area contributed by atoms with Gasteiger partial charge >= 0.3 is 6.18 Å². The highest BCUT2D eigenvalue weighted by atomic mass is 32.2. The molecular weight excluding hydrogens is 594 g/mol. The fraction of sp³-hybridized carbons (Fsp3) is 0.800. The number of rotatable bonds is 9. The zero-order valence-electron chi connectivity index (χ0n) is 24.7. The maximum Gasteiger partial charge on any atom is 0.391 e. The molecule has 5 rings (SSSR count). The van der Waals surface area contributed by atoms with E-state index in [1.807, 2.05) is 12.1 Å². The molecule has 13 heteroatoms. The van der Waals surface area contributed by atoms with E-state index in [-0.39, 0.29) is 31.2 Å². The number of likely N-dealkylation sites (tertiary alicyclic amines) is 1. The molecule has 0 radical (unpaired) electrons. The highest BCUT2D eigenvalue weighted by Gasteiger charge is 2.41. The highest BCUT2D eigenvalue weighted by Crippen LogP contribution is 2.43. The molecule has 1 aliphatic heterocycles. The summed E-state index contributed by atoms with van der Waals surface area (Å²) in [5.41, 5.74) is 1.30. The molecular formula is C30H45F4NO7S. The Morgan fingerprint density at radius 3 is 1.91 bits per heavy atom. The number of hydrogen-bond donors (Lipinski definition) is 1. The van der Waals surface area contributed by atoms with Crippen LogP contribution in [-0.4, -0.2) is 74.9 Å². The summed E-state index contributed by atoms with van der Waals surface area (Å²) in [7, 11) is -3.67. The van der Waals surface area contributed by atoms with Gasteiger partial charge in [-0.15, -0.1) is 0 Å². The van der Waals surface area contributed by atoms with Crippen LogP contribution in [0.2, 0.25) is 0 Å². The molecule has 3 aliphatic carbocycles. The summed E-state index contributed by atoms with van der Waals surface area (Å²) in [4.78, 5) is 17.9. The Labute approximate surface area is 252 Å². The van der Waals surface area contributed by atoms with Gasteiger partial charge in [0.15, 0.2) is 0 Å². The third kappa shape index (κ3) is 11.7. The van der Waals surface area contributed by atoms with Gasteiger partial charge in [0, 0.05) is 6.54 Å². The third-order valence-electron chi connectivity index (χ3n) is 9.26. The molecule has 0 aromatic heterocycles. The van der Waals surface area contributed by atoms with Crippen LogP contribution in [0.1, 0.15) is 82.1 Å². The van der Waals surface area contributed by atoms with Crippen molar-refractivity contribution in [2.75, 3.05) is 32.5 Å². The van der Waals surface area contributed by atoms with Crippen LogP contribution in [0.25, 0.3) is 0 Å². The van der Waals surface area contributed by atoms with Crippen molar-refractivity contribution < 1.29 is 50.1 Å². The fourth-order valence-corrected chi connectivity index (χ4v) is 7.14. The Morgan fingerprint density at radius 2 is 1.37 bits per heavy atom. The van der Waals surface area contributed by atoms with Crippen molar-refractivity contribution in [3.05, 3.63) is 29.8 Å². The molecule has 4 aliphatic rings. The Kier molecular flexibility index (Phi) is 12.5. The lowest BCUT2D eigenvalue weighted by atomic mass is 9.70. The van der Waals surface area contributed by atoms with Gasteiger partial charge < -0.3 is 4.74 Å². The van der Waals surface area contributed by atoms with Gasteiger partial charge in [0.2, 0.25) is 0 Å². The summed E-state index contributed by atoms with van der Waals surface area (Å²) in [5.74, 6) is 1.06. The number of fused-ring (bicyclic) bond motifs is 2. The molecule has 1 aromatic rings. The van der Waals surface area contributed by atoms with Crippen LogP contribution < -0.4 is 4.74 Å². The van der Waals surface area contributed by atoms with Crippen molar-refractivity contribution in [1.82, 2.24) is 4.90 Å². The minimum atomic E-state index is -4.07. The van der Waals surface area contributed by atoms with E-state index < -0.39 is 22.2 Å². The average Bonchev–Trinajstić information content (AvgIpc) is 2.95. The Morgan fingerprint density at radius 1 is 0.837 bits per heavy atom. The second-order valence-corrected chi connectivity index (χ2v) is 14.2. The number of nitrogens with zero attached hydrogens (tertiary/aromatic N) is 1. The Hall–Kier alpha value is -1.51. The molecule has 43 heavy (non-hydrogen) atoms.